The lowest BCUT2D eigenvalue weighted by Gasteiger charge is -2.17. The minimum atomic E-state index is 0. The number of benzene rings is 1. The van der Waals surface area contributed by atoms with Crippen LogP contribution >= 0.6 is 35.0 Å². The highest BCUT2D eigenvalue weighted by Gasteiger charge is 2.37. The van der Waals surface area contributed by atoms with Crippen molar-refractivity contribution in [3.05, 3.63) is 33.4 Å². The molecule has 0 aliphatic carbocycles. The predicted octanol–water partition coefficient (Wildman–Crippen LogP) is 3.10. The number of halogens is 2. The molecular weight excluding hydrogens is 411 g/mol. The standard InChI is InChI=1S/C17H23IN2O.ClH/c18-16-7-5-13(6-8-16)3-1-2-4-17(21)20-11-14-9-19-10-15(14)12-20;/h5-8,14-15,19H,1-4,9-12H2;1H/t14-,15+;. The number of unbranched alkanes of at least 4 members (excludes halogenated alkanes) is 1. The zero-order valence-corrected chi connectivity index (χ0v) is 15.7. The highest BCUT2D eigenvalue weighted by molar-refractivity contribution is 14.1. The number of likely N-dealkylation sites (tertiary alicyclic amines) is 1. The molecular formula is C17H24ClIN2O. The second kappa shape index (κ2) is 8.50. The normalized spacial score (nSPS) is 23.2. The van der Waals surface area contributed by atoms with Crippen molar-refractivity contribution in [3.63, 3.8) is 0 Å². The molecule has 1 amide bonds. The molecule has 2 fully saturated rings. The van der Waals surface area contributed by atoms with Gasteiger partial charge >= 0.3 is 0 Å². The first-order chi connectivity index (χ1) is 10.2. The first kappa shape index (κ1) is 18.0. The van der Waals surface area contributed by atoms with Crippen LogP contribution in [0.5, 0.6) is 0 Å². The maximum atomic E-state index is 12.2. The molecule has 2 aliphatic heterocycles. The first-order valence-electron chi connectivity index (χ1n) is 7.95. The Bertz CT molecular complexity index is 482. The SMILES string of the molecule is Cl.O=C(CCCCc1ccc(I)cc1)N1C[C@H]2CNC[C@H]2C1. The fraction of sp³-hybridized carbons (Fsp3) is 0.588. The Morgan fingerprint density at radius 2 is 1.77 bits per heavy atom. The summed E-state index contributed by atoms with van der Waals surface area (Å²) in [4.78, 5) is 14.3. The predicted molar refractivity (Wildman–Crippen MR) is 100 cm³/mol. The highest BCUT2D eigenvalue weighted by atomic mass is 127. The van der Waals surface area contributed by atoms with Crippen molar-refractivity contribution in [1.29, 1.82) is 0 Å². The van der Waals surface area contributed by atoms with Crippen LogP contribution < -0.4 is 5.32 Å². The van der Waals surface area contributed by atoms with Gasteiger partial charge < -0.3 is 10.2 Å². The number of hydrogen-bond acceptors (Lipinski definition) is 2. The van der Waals surface area contributed by atoms with E-state index in [0.717, 1.165) is 51.9 Å². The van der Waals surface area contributed by atoms with Crippen molar-refractivity contribution in [2.24, 2.45) is 11.8 Å². The van der Waals surface area contributed by atoms with Gasteiger partial charge in [-0.1, -0.05) is 12.1 Å². The third-order valence-corrected chi connectivity index (χ3v) is 5.48. The molecule has 0 bridgehead atoms. The minimum absolute atomic E-state index is 0. The molecule has 0 radical (unpaired) electrons. The molecule has 0 saturated carbocycles. The van der Waals surface area contributed by atoms with E-state index >= 15 is 0 Å². The smallest absolute Gasteiger partial charge is 0.222 e. The molecule has 0 unspecified atom stereocenters. The Morgan fingerprint density at radius 3 is 2.41 bits per heavy atom. The maximum Gasteiger partial charge on any atom is 0.222 e. The van der Waals surface area contributed by atoms with E-state index in [1.807, 2.05) is 0 Å². The molecule has 1 N–H and O–H groups in total. The van der Waals surface area contributed by atoms with Gasteiger partial charge in [-0.15, -0.1) is 12.4 Å². The summed E-state index contributed by atoms with van der Waals surface area (Å²) in [6.07, 6.45) is 3.92. The minimum Gasteiger partial charge on any atom is -0.342 e. The highest BCUT2D eigenvalue weighted by Crippen LogP contribution is 2.26. The summed E-state index contributed by atoms with van der Waals surface area (Å²) in [5.74, 6) is 1.79. The Kier molecular flexibility index (Phi) is 6.96. The van der Waals surface area contributed by atoms with Crippen LogP contribution in [0.25, 0.3) is 0 Å². The van der Waals surface area contributed by atoms with E-state index in [9.17, 15) is 4.79 Å². The van der Waals surface area contributed by atoms with Crippen LogP contribution in [0.1, 0.15) is 24.8 Å². The van der Waals surface area contributed by atoms with Crippen molar-refractivity contribution in [1.82, 2.24) is 10.2 Å². The molecule has 2 aliphatic rings. The Hall–Kier alpha value is -0.330. The lowest BCUT2D eigenvalue weighted by molar-refractivity contribution is -0.130. The van der Waals surface area contributed by atoms with Crippen LogP contribution in [0.15, 0.2) is 24.3 Å². The largest absolute Gasteiger partial charge is 0.342 e. The van der Waals surface area contributed by atoms with E-state index < -0.39 is 0 Å². The van der Waals surface area contributed by atoms with Gasteiger partial charge in [0.1, 0.15) is 0 Å². The number of nitrogens with zero attached hydrogens (tertiary/aromatic N) is 1. The first-order valence-corrected chi connectivity index (χ1v) is 9.03. The average Bonchev–Trinajstić information content (AvgIpc) is 3.06. The molecule has 5 heteroatoms. The number of rotatable bonds is 5. The molecule has 122 valence electrons. The molecule has 2 heterocycles. The lowest BCUT2D eigenvalue weighted by Crippen LogP contribution is -2.31. The number of carbonyl (C=O) groups is 1. The zero-order chi connectivity index (χ0) is 14.7. The van der Waals surface area contributed by atoms with E-state index in [1.165, 1.54) is 9.13 Å². The molecule has 0 spiro atoms. The van der Waals surface area contributed by atoms with E-state index in [0.29, 0.717) is 17.7 Å². The second-order valence-electron chi connectivity index (χ2n) is 6.31. The quantitative estimate of drug-likeness (QED) is 0.570. The van der Waals surface area contributed by atoms with Gasteiger partial charge in [0.2, 0.25) is 5.91 Å². The number of carbonyl (C=O) groups excluding carboxylic acids is 1. The molecule has 1 aromatic rings. The van der Waals surface area contributed by atoms with Crippen molar-refractivity contribution < 1.29 is 4.79 Å². The molecule has 0 aromatic heterocycles. The van der Waals surface area contributed by atoms with Crippen molar-refractivity contribution in [3.8, 4) is 0 Å². The monoisotopic (exact) mass is 434 g/mol. The molecule has 22 heavy (non-hydrogen) atoms. The van der Waals surface area contributed by atoms with Crippen molar-refractivity contribution in [2.45, 2.75) is 25.7 Å². The van der Waals surface area contributed by atoms with Crippen LogP contribution in [-0.2, 0) is 11.2 Å². The van der Waals surface area contributed by atoms with E-state index in [1.54, 1.807) is 0 Å². The molecule has 2 atom stereocenters. The van der Waals surface area contributed by atoms with Gasteiger partial charge in [-0.3, -0.25) is 4.79 Å². The second-order valence-corrected chi connectivity index (χ2v) is 7.56. The zero-order valence-electron chi connectivity index (χ0n) is 12.8. The van der Waals surface area contributed by atoms with E-state index in [4.69, 9.17) is 0 Å². The molecule has 1 aromatic carbocycles. The van der Waals surface area contributed by atoms with Gasteiger partial charge in [-0.25, -0.2) is 0 Å². The lowest BCUT2D eigenvalue weighted by atomic mass is 10.0. The van der Waals surface area contributed by atoms with Crippen molar-refractivity contribution in [2.75, 3.05) is 26.2 Å². The number of fused-ring (bicyclic) bond motifs is 1. The number of nitrogens with one attached hydrogen (secondary N) is 1. The Labute approximate surface area is 152 Å². The van der Waals surface area contributed by atoms with E-state index in [2.05, 4.69) is 57.1 Å². The Balaban J connectivity index is 0.00000176. The van der Waals surface area contributed by atoms with Crippen LogP contribution in [0.2, 0.25) is 0 Å². The van der Waals surface area contributed by atoms with Crippen LogP contribution in [0.3, 0.4) is 0 Å². The van der Waals surface area contributed by atoms with Gasteiger partial charge in [-0.05, 0) is 71.4 Å². The van der Waals surface area contributed by atoms with E-state index in [-0.39, 0.29) is 12.4 Å². The van der Waals surface area contributed by atoms with Gasteiger partial charge in [0.25, 0.3) is 0 Å². The van der Waals surface area contributed by atoms with Gasteiger partial charge in [-0.2, -0.15) is 0 Å². The summed E-state index contributed by atoms with van der Waals surface area (Å²) in [6, 6.07) is 8.69. The fourth-order valence-electron chi connectivity index (χ4n) is 3.47. The summed E-state index contributed by atoms with van der Waals surface area (Å²) in [5.41, 5.74) is 1.38. The molecule has 2 saturated heterocycles. The fourth-order valence-corrected chi connectivity index (χ4v) is 3.83. The van der Waals surface area contributed by atoms with Crippen LogP contribution in [0.4, 0.5) is 0 Å². The summed E-state index contributed by atoms with van der Waals surface area (Å²) in [6.45, 7) is 4.16. The Morgan fingerprint density at radius 1 is 1.14 bits per heavy atom. The summed E-state index contributed by atoms with van der Waals surface area (Å²) < 4.78 is 1.28. The van der Waals surface area contributed by atoms with Crippen LogP contribution in [-0.4, -0.2) is 37.0 Å². The average molecular weight is 435 g/mol. The van der Waals surface area contributed by atoms with Crippen LogP contribution in [0, 0.1) is 15.4 Å². The molecule has 3 nitrogen and oxygen atoms in total. The number of amides is 1. The molecule has 3 rings (SSSR count). The van der Waals surface area contributed by atoms with Gasteiger partial charge in [0.05, 0.1) is 0 Å². The topological polar surface area (TPSA) is 32.3 Å². The number of hydrogen-bond donors (Lipinski definition) is 1. The summed E-state index contributed by atoms with van der Waals surface area (Å²) in [7, 11) is 0. The summed E-state index contributed by atoms with van der Waals surface area (Å²) >= 11 is 2.33. The third-order valence-electron chi connectivity index (χ3n) is 4.76. The summed E-state index contributed by atoms with van der Waals surface area (Å²) in [5, 5.41) is 3.42. The van der Waals surface area contributed by atoms with Gasteiger partial charge in [0.15, 0.2) is 0 Å². The maximum absolute atomic E-state index is 12.2. The van der Waals surface area contributed by atoms with Crippen molar-refractivity contribution >= 4 is 40.9 Å². The number of aryl methyl sites for hydroxylation is 1. The third kappa shape index (κ3) is 4.59. The van der Waals surface area contributed by atoms with Gasteiger partial charge in [0, 0.05) is 36.2 Å².